The van der Waals surface area contributed by atoms with Gasteiger partial charge in [-0.25, -0.2) is 0 Å². The summed E-state index contributed by atoms with van der Waals surface area (Å²) in [6.45, 7) is 4.95. The SMILES string of the molecule is CCn1cc(CN2CCOCC2)c(C(F)(F)F)n1. The minimum absolute atomic E-state index is 0.242. The molecule has 1 saturated heterocycles. The Kier molecular flexibility index (Phi) is 3.91. The second-order valence-electron chi connectivity index (χ2n) is 4.24. The Morgan fingerprint density at radius 3 is 2.56 bits per heavy atom. The Labute approximate surface area is 103 Å². The molecular weight excluding hydrogens is 247 g/mol. The lowest BCUT2D eigenvalue weighted by molar-refractivity contribution is -0.142. The molecule has 2 rings (SSSR count). The number of ether oxygens (including phenoxy) is 1. The van der Waals surface area contributed by atoms with Crippen LogP contribution in [0.15, 0.2) is 6.20 Å². The van der Waals surface area contributed by atoms with Crippen molar-refractivity contribution < 1.29 is 17.9 Å². The Balaban J connectivity index is 2.17. The van der Waals surface area contributed by atoms with Crippen LogP contribution in [0.2, 0.25) is 0 Å². The summed E-state index contributed by atoms with van der Waals surface area (Å²) < 4.78 is 45.0. The Morgan fingerprint density at radius 1 is 1.33 bits per heavy atom. The summed E-state index contributed by atoms with van der Waals surface area (Å²) in [7, 11) is 0. The summed E-state index contributed by atoms with van der Waals surface area (Å²) in [5.74, 6) is 0. The maximum atomic E-state index is 12.8. The largest absolute Gasteiger partial charge is 0.435 e. The second kappa shape index (κ2) is 5.27. The van der Waals surface area contributed by atoms with E-state index >= 15 is 0 Å². The van der Waals surface area contributed by atoms with Gasteiger partial charge in [-0.2, -0.15) is 18.3 Å². The smallest absolute Gasteiger partial charge is 0.379 e. The summed E-state index contributed by atoms with van der Waals surface area (Å²) in [4.78, 5) is 1.95. The number of aryl methyl sites for hydroxylation is 1. The molecule has 0 N–H and O–H groups in total. The number of hydrogen-bond acceptors (Lipinski definition) is 3. The molecule has 0 radical (unpaired) electrons. The van der Waals surface area contributed by atoms with E-state index in [0.717, 1.165) is 0 Å². The fourth-order valence-corrected chi connectivity index (χ4v) is 1.98. The first-order valence-corrected chi connectivity index (χ1v) is 5.94. The second-order valence-corrected chi connectivity index (χ2v) is 4.24. The average Bonchev–Trinajstić information content (AvgIpc) is 2.73. The predicted molar refractivity (Wildman–Crippen MR) is 59.0 cm³/mol. The van der Waals surface area contributed by atoms with Crippen LogP contribution in [0.3, 0.4) is 0 Å². The highest BCUT2D eigenvalue weighted by molar-refractivity contribution is 5.20. The van der Waals surface area contributed by atoms with Gasteiger partial charge in [-0.1, -0.05) is 0 Å². The standard InChI is InChI=1S/C11H16F3N3O/c1-2-17-8-9(10(15-17)11(12,13)14)7-16-3-5-18-6-4-16/h8H,2-7H2,1H3. The van der Waals surface area contributed by atoms with Crippen molar-refractivity contribution in [3.63, 3.8) is 0 Å². The minimum atomic E-state index is -4.39. The molecule has 1 fully saturated rings. The van der Waals surface area contributed by atoms with E-state index in [4.69, 9.17) is 4.74 Å². The monoisotopic (exact) mass is 263 g/mol. The molecule has 0 aromatic carbocycles. The van der Waals surface area contributed by atoms with Gasteiger partial charge in [0.25, 0.3) is 0 Å². The summed E-state index contributed by atoms with van der Waals surface area (Å²) in [5, 5.41) is 3.60. The van der Waals surface area contributed by atoms with Crippen molar-refractivity contribution in [3.8, 4) is 0 Å². The van der Waals surface area contributed by atoms with Crippen LogP contribution in [-0.4, -0.2) is 41.0 Å². The van der Waals surface area contributed by atoms with Gasteiger partial charge in [0.15, 0.2) is 5.69 Å². The summed E-state index contributed by atoms with van der Waals surface area (Å²) in [6, 6.07) is 0. The molecule has 0 unspecified atom stereocenters. The molecule has 18 heavy (non-hydrogen) atoms. The summed E-state index contributed by atoms with van der Waals surface area (Å²) in [5.41, 5.74) is -0.526. The fourth-order valence-electron chi connectivity index (χ4n) is 1.98. The third kappa shape index (κ3) is 3.02. The van der Waals surface area contributed by atoms with Crippen LogP contribution in [0.25, 0.3) is 0 Å². The van der Waals surface area contributed by atoms with Gasteiger partial charge in [-0.05, 0) is 6.92 Å². The predicted octanol–water partition coefficient (Wildman–Crippen LogP) is 1.75. The number of hydrogen-bond donors (Lipinski definition) is 0. The van der Waals surface area contributed by atoms with E-state index in [1.807, 2.05) is 4.90 Å². The zero-order valence-corrected chi connectivity index (χ0v) is 10.2. The first-order chi connectivity index (χ1) is 8.50. The zero-order chi connectivity index (χ0) is 13.2. The van der Waals surface area contributed by atoms with Gasteiger partial charge in [0.05, 0.1) is 13.2 Å². The quantitative estimate of drug-likeness (QED) is 0.832. The van der Waals surface area contributed by atoms with Crippen molar-refractivity contribution in [3.05, 3.63) is 17.5 Å². The number of halogens is 3. The number of rotatable bonds is 3. The Hall–Kier alpha value is -1.08. The van der Waals surface area contributed by atoms with Crippen LogP contribution in [0.4, 0.5) is 13.2 Å². The summed E-state index contributed by atoms with van der Waals surface area (Å²) >= 11 is 0. The molecule has 0 spiro atoms. The van der Waals surface area contributed by atoms with Gasteiger partial charge in [0, 0.05) is 37.9 Å². The fraction of sp³-hybridized carbons (Fsp3) is 0.727. The van der Waals surface area contributed by atoms with Crippen molar-refractivity contribution >= 4 is 0 Å². The van der Waals surface area contributed by atoms with Gasteiger partial charge < -0.3 is 4.74 Å². The maximum absolute atomic E-state index is 12.8. The van der Waals surface area contributed by atoms with Crippen LogP contribution < -0.4 is 0 Å². The molecule has 0 atom stereocenters. The highest BCUT2D eigenvalue weighted by Gasteiger charge is 2.37. The van der Waals surface area contributed by atoms with E-state index in [0.29, 0.717) is 32.8 Å². The molecule has 7 heteroatoms. The van der Waals surface area contributed by atoms with E-state index in [1.54, 1.807) is 6.92 Å². The average molecular weight is 263 g/mol. The molecule has 1 aromatic rings. The minimum Gasteiger partial charge on any atom is -0.379 e. The Morgan fingerprint density at radius 2 is 2.00 bits per heavy atom. The number of morpholine rings is 1. The van der Waals surface area contributed by atoms with Gasteiger partial charge in [0.1, 0.15) is 0 Å². The van der Waals surface area contributed by atoms with E-state index in [9.17, 15) is 13.2 Å². The van der Waals surface area contributed by atoms with Gasteiger partial charge >= 0.3 is 6.18 Å². The lowest BCUT2D eigenvalue weighted by atomic mass is 10.2. The molecule has 102 valence electrons. The van der Waals surface area contributed by atoms with Crippen LogP contribution in [0.5, 0.6) is 0 Å². The molecule has 2 heterocycles. The van der Waals surface area contributed by atoms with Crippen LogP contribution >= 0.6 is 0 Å². The summed E-state index contributed by atoms with van der Waals surface area (Å²) in [6.07, 6.45) is -2.90. The molecule has 4 nitrogen and oxygen atoms in total. The maximum Gasteiger partial charge on any atom is 0.435 e. The van der Waals surface area contributed by atoms with Crippen molar-refractivity contribution in [2.75, 3.05) is 26.3 Å². The third-order valence-electron chi connectivity index (χ3n) is 2.93. The highest BCUT2D eigenvalue weighted by atomic mass is 19.4. The number of alkyl halides is 3. The molecule has 0 amide bonds. The topological polar surface area (TPSA) is 30.3 Å². The lowest BCUT2D eigenvalue weighted by Crippen LogP contribution is -2.36. The first-order valence-electron chi connectivity index (χ1n) is 5.94. The van der Waals surface area contributed by atoms with Gasteiger partial charge in [0.2, 0.25) is 0 Å². The number of aromatic nitrogens is 2. The molecule has 0 bridgehead atoms. The van der Waals surface area contributed by atoms with Crippen LogP contribution in [-0.2, 0) is 24.0 Å². The van der Waals surface area contributed by atoms with Crippen molar-refractivity contribution in [1.29, 1.82) is 0 Å². The number of nitrogens with zero attached hydrogens (tertiary/aromatic N) is 3. The zero-order valence-electron chi connectivity index (χ0n) is 10.2. The van der Waals surface area contributed by atoms with E-state index in [-0.39, 0.29) is 12.1 Å². The van der Waals surface area contributed by atoms with E-state index in [1.165, 1.54) is 10.9 Å². The lowest BCUT2D eigenvalue weighted by Gasteiger charge is -2.26. The molecule has 1 aliphatic rings. The highest BCUT2D eigenvalue weighted by Crippen LogP contribution is 2.31. The first kappa shape index (κ1) is 13.4. The van der Waals surface area contributed by atoms with Crippen molar-refractivity contribution in [2.24, 2.45) is 0 Å². The van der Waals surface area contributed by atoms with E-state index in [2.05, 4.69) is 5.10 Å². The van der Waals surface area contributed by atoms with E-state index < -0.39 is 11.9 Å². The van der Waals surface area contributed by atoms with Gasteiger partial charge in [-0.15, -0.1) is 0 Å². The molecule has 1 aliphatic heterocycles. The molecular formula is C11H16F3N3O. The van der Waals surface area contributed by atoms with Crippen LogP contribution in [0.1, 0.15) is 18.2 Å². The third-order valence-corrected chi connectivity index (χ3v) is 2.93. The normalized spacial score (nSPS) is 18.2. The molecule has 0 saturated carbocycles. The van der Waals surface area contributed by atoms with Crippen molar-refractivity contribution in [2.45, 2.75) is 26.2 Å². The Bertz CT molecular complexity index is 397. The van der Waals surface area contributed by atoms with Gasteiger partial charge in [-0.3, -0.25) is 9.58 Å². The molecule has 0 aliphatic carbocycles. The van der Waals surface area contributed by atoms with Crippen molar-refractivity contribution in [1.82, 2.24) is 14.7 Å². The molecule has 1 aromatic heterocycles. The van der Waals surface area contributed by atoms with Crippen LogP contribution in [0, 0.1) is 0 Å².